The maximum Gasteiger partial charge on any atom is 0.169 e. The summed E-state index contributed by atoms with van der Waals surface area (Å²) in [6.45, 7) is 1.59. The van der Waals surface area contributed by atoms with E-state index in [0.717, 1.165) is 54.3 Å². The van der Waals surface area contributed by atoms with E-state index in [1.807, 2.05) is 30.3 Å². The second-order valence-corrected chi connectivity index (χ2v) is 8.54. The van der Waals surface area contributed by atoms with Crippen LogP contribution >= 0.6 is 11.3 Å². The first kappa shape index (κ1) is 18.6. The first-order valence-corrected chi connectivity index (χ1v) is 10.8. The minimum absolute atomic E-state index is 0.0811. The topological polar surface area (TPSA) is 100 Å². The van der Waals surface area contributed by atoms with Gasteiger partial charge in [0.15, 0.2) is 11.4 Å². The number of pyridine rings is 1. The zero-order valence-electron chi connectivity index (χ0n) is 17.0. The largest absolute Gasteiger partial charge is 0.353 e. The van der Waals surface area contributed by atoms with Crippen molar-refractivity contribution in [3.8, 4) is 33.1 Å². The molecule has 7 nitrogen and oxygen atoms in total. The lowest BCUT2D eigenvalue weighted by Gasteiger charge is -2.00. The molecule has 0 atom stereocenters. The van der Waals surface area contributed by atoms with Gasteiger partial charge in [-0.05, 0) is 37.3 Å². The average Bonchev–Trinajstić information content (AvgIpc) is 3.56. The fraction of sp³-hybridized carbons (Fsp3) is 0.0417. The lowest BCUT2D eigenvalue weighted by molar-refractivity contribution is 0.102. The van der Waals surface area contributed by atoms with E-state index in [9.17, 15) is 4.79 Å². The van der Waals surface area contributed by atoms with Crippen LogP contribution in [0.1, 0.15) is 16.6 Å². The number of aromatic amines is 2. The normalized spacial score (nSPS) is 11.4. The third-order valence-corrected chi connectivity index (χ3v) is 6.63. The number of nitrogens with zero attached hydrogens (tertiary/aromatic N) is 4. The lowest BCUT2D eigenvalue weighted by atomic mass is 10.1. The van der Waals surface area contributed by atoms with Gasteiger partial charge in [-0.3, -0.25) is 19.9 Å². The van der Waals surface area contributed by atoms with Crippen molar-refractivity contribution < 1.29 is 4.79 Å². The van der Waals surface area contributed by atoms with Gasteiger partial charge in [0.25, 0.3) is 0 Å². The van der Waals surface area contributed by atoms with Crippen LogP contribution in [-0.4, -0.2) is 35.9 Å². The minimum atomic E-state index is 0.0811. The highest BCUT2D eigenvalue weighted by Gasteiger charge is 2.16. The van der Waals surface area contributed by atoms with Gasteiger partial charge in [0.1, 0.15) is 5.69 Å². The summed E-state index contributed by atoms with van der Waals surface area (Å²) in [6, 6.07) is 14.1. The molecule has 154 valence electrons. The number of fused-ring (bicyclic) bond motifs is 2. The zero-order chi connectivity index (χ0) is 21.7. The van der Waals surface area contributed by atoms with Crippen molar-refractivity contribution in [2.24, 2.45) is 0 Å². The molecule has 0 aliphatic rings. The minimum Gasteiger partial charge on any atom is -0.353 e. The number of Topliss-reactive ketones (excluding diaryl/α,β-unsaturated/α-hetero) is 1. The van der Waals surface area contributed by atoms with Gasteiger partial charge < -0.3 is 4.98 Å². The molecule has 1 aromatic carbocycles. The second-order valence-electron chi connectivity index (χ2n) is 7.45. The number of nitrogens with one attached hydrogen (secondary N) is 2. The SMILES string of the molecule is CC(=O)c1ccc(-c2cccc3[nH]c(-c4n[nH]c5ncc(-c6cnccn6)cc45)cc23)s1. The van der Waals surface area contributed by atoms with Crippen molar-refractivity contribution in [2.45, 2.75) is 6.92 Å². The highest BCUT2D eigenvalue weighted by molar-refractivity contribution is 7.17. The van der Waals surface area contributed by atoms with Crippen LogP contribution in [0.4, 0.5) is 0 Å². The summed E-state index contributed by atoms with van der Waals surface area (Å²) in [6.07, 6.45) is 6.79. The summed E-state index contributed by atoms with van der Waals surface area (Å²) in [5, 5.41) is 9.52. The standard InChI is InChI=1S/C24H16N6OS/c1-13(31)21-5-6-22(32-21)15-3-2-4-18-16(15)10-19(28-18)23-17-9-14(11-27-24(17)30-29-23)20-12-25-7-8-26-20/h2-12,28H,1H3,(H,27,29,30). The Morgan fingerprint density at radius 1 is 1.00 bits per heavy atom. The van der Waals surface area contributed by atoms with E-state index in [1.54, 1.807) is 31.7 Å². The van der Waals surface area contributed by atoms with Crippen LogP contribution in [0.25, 0.3) is 55.0 Å². The molecule has 5 aromatic heterocycles. The maximum atomic E-state index is 11.7. The van der Waals surface area contributed by atoms with E-state index < -0.39 is 0 Å². The first-order chi connectivity index (χ1) is 15.7. The molecule has 0 aliphatic carbocycles. The van der Waals surface area contributed by atoms with E-state index in [4.69, 9.17) is 0 Å². The van der Waals surface area contributed by atoms with E-state index in [0.29, 0.717) is 5.65 Å². The Labute approximate surface area is 186 Å². The van der Waals surface area contributed by atoms with Crippen molar-refractivity contribution in [1.82, 2.24) is 30.1 Å². The van der Waals surface area contributed by atoms with E-state index in [-0.39, 0.29) is 5.78 Å². The van der Waals surface area contributed by atoms with Gasteiger partial charge in [0.05, 0.1) is 22.5 Å². The summed E-state index contributed by atoms with van der Waals surface area (Å²) in [7, 11) is 0. The number of rotatable bonds is 4. The van der Waals surface area contributed by atoms with Gasteiger partial charge in [0.2, 0.25) is 0 Å². The fourth-order valence-corrected chi connectivity index (χ4v) is 4.81. The number of thiophene rings is 1. The number of hydrogen-bond acceptors (Lipinski definition) is 6. The summed E-state index contributed by atoms with van der Waals surface area (Å²) in [4.78, 5) is 30.1. The zero-order valence-corrected chi connectivity index (χ0v) is 17.8. The molecule has 0 aliphatic heterocycles. The maximum absolute atomic E-state index is 11.7. The molecule has 0 radical (unpaired) electrons. The molecule has 0 fully saturated rings. The molecule has 6 rings (SSSR count). The first-order valence-electron chi connectivity index (χ1n) is 10.0. The number of benzene rings is 1. The number of carbonyl (C=O) groups is 1. The van der Waals surface area contributed by atoms with E-state index >= 15 is 0 Å². The number of hydrogen-bond donors (Lipinski definition) is 2. The molecule has 0 bridgehead atoms. The molecule has 2 N–H and O–H groups in total. The van der Waals surface area contributed by atoms with Crippen LogP contribution in [0.5, 0.6) is 0 Å². The summed E-state index contributed by atoms with van der Waals surface area (Å²) >= 11 is 1.51. The van der Waals surface area contributed by atoms with Gasteiger partial charge in [-0.15, -0.1) is 11.3 Å². The molecule has 8 heteroatoms. The van der Waals surface area contributed by atoms with Gasteiger partial charge >= 0.3 is 0 Å². The van der Waals surface area contributed by atoms with Crippen molar-refractivity contribution in [3.05, 3.63) is 72.1 Å². The highest BCUT2D eigenvalue weighted by Crippen LogP contribution is 2.37. The summed E-state index contributed by atoms with van der Waals surface area (Å²) in [5.41, 5.74) is 6.10. The third-order valence-electron chi connectivity index (χ3n) is 5.41. The summed E-state index contributed by atoms with van der Waals surface area (Å²) in [5.74, 6) is 0.0811. The number of H-pyrrole nitrogens is 2. The van der Waals surface area contributed by atoms with Gasteiger partial charge in [0, 0.05) is 50.9 Å². The molecule has 0 unspecified atom stereocenters. The molecular formula is C24H16N6OS. The molecule has 0 spiro atoms. The van der Waals surface area contributed by atoms with Crippen LogP contribution in [0, 0.1) is 0 Å². The third kappa shape index (κ3) is 3.00. The average molecular weight is 437 g/mol. The van der Waals surface area contributed by atoms with Crippen LogP contribution in [0.2, 0.25) is 0 Å². The van der Waals surface area contributed by atoms with E-state index in [1.165, 1.54) is 11.3 Å². The van der Waals surface area contributed by atoms with Gasteiger partial charge in [-0.2, -0.15) is 5.10 Å². The van der Waals surface area contributed by atoms with Gasteiger partial charge in [-0.1, -0.05) is 12.1 Å². The smallest absolute Gasteiger partial charge is 0.169 e. The second kappa shape index (κ2) is 7.21. The number of ketones is 1. The van der Waals surface area contributed by atoms with Crippen LogP contribution in [0.3, 0.4) is 0 Å². The van der Waals surface area contributed by atoms with Crippen molar-refractivity contribution in [1.29, 1.82) is 0 Å². The Kier molecular flexibility index (Phi) is 4.19. The molecule has 0 saturated carbocycles. The lowest BCUT2D eigenvalue weighted by Crippen LogP contribution is -1.86. The molecule has 0 amide bonds. The monoisotopic (exact) mass is 436 g/mol. The fourth-order valence-electron chi connectivity index (χ4n) is 3.87. The van der Waals surface area contributed by atoms with Gasteiger partial charge in [-0.25, -0.2) is 4.98 Å². The molecule has 6 aromatic rings. The predicted octanol–water partition coefficient (Wildman–Crippen LogP) is 5.49. The van der Waals surface area contributed by atoms with Crippen LogP contribution in [0.15, 0.2) is 67.3 Å². The summed E-state index contributed by atoms with van der Waals surface area (Å²) < 4.78 is 0. The molecule has 5 heterocycles. The van der Waals surface area contributed by atoms with Crippen LogP contribution < -0.4 is 0 Å². The van der Waals surface area contributed by atoms with Crippen molar-refractivity contribution in [3.63, 3.8) is 0 Å². The molecule has 0 saturated heterocycles. The molecule has 32 heavy (non-hydrogen) atoms. The van der Waals surface area contributed by atoms with Crippen LogP contribution in [-0.2, 0) is 0 Å². The Bertz CT molecular complexity index is 1610. The Hall–Kier alpha value is -4.17. The number of carbonyl (C=O) groups excluding carboxylic acids is 1. The Morgan fingerprint density at radius 2 is 1.94 bits per heavy atom. The van der Waals surface area contributed by atoms with Crippen molar-refractivity contribution in [2.75, 3.05) is 0 Å². The quantitative estimate of drug-likeness (QED) is 0.356. The Balaban J connectivity index is 1.49. The Morgan fingerprint density at radius 3 is 2.75 bits per heavy atom. The predicted molar refractivity (Wildman–Crippen MR) is 126 cm³/mol. The highest BCUT2D eigenvalue weighted by atomic mass is 32.1. The van der Waals surface area contributed by atoms with E-state index in [2.05, 4.69) is 42.3 Å². The number of aromatic nitrogens is 6. The van der Waals surface area contributed by atoms with Crippen molar-refractivity contribution >= 4 is 39.1 Å². The molecular weight excluding hydrogens is 420 g/mol.